The van der Waals surface area contributed by atoms with Crippen molar-refractivity contribution in [2.75, 3.05) is 0 Å². The van der Waals surface area contributed by atoms with Gasteiger partial charge in [-0.1, -0.05) is 85.2 Å². The van der Waals surface area contributed by atoms with Crippen LogP contribution in [0.2, 0.25) is 0 Å². The van der Waals surface area contributed by atoms with Gasteiger partial charge >= 0.3 is 0 Å². The van der Waals surface area contributed by atoms with Crippen LogP contribution in [0.3, 0.4) is 0 Å². The van der Waals surface area contributed by atoms with Crippen LogP contribution in [0.15, 0.2) is 24.3 Å². The van der Waals surface area contributed by atoms with E-state index in [0.717, 1.165) is 0 Å². The summed E-state index contributed by atoms with van der Waals surface area (Å²) in [5, 5.41) is 0. The number of hydrogen-bond acceptors (Lipinski definition) is 0. The predicted molar refractivity (Wildman–Crippen MR) is 91.2 cm³/mol. The summed E-state index contributed by atoms with van der Waals surface area (Å²) in [5.41, 5.74) is 3.40. The fraction of sp³-hybridized carbons (Fsp3) is 0.700. The molecule has 0 spiro atoms. The molecule has 0 heterocycles. The molecule has 114 valence electrons. The van der Waals surface area contributed by atoms with Crippen molar-refractivity contribution < 1.29 is 0 Å². The molecule has 0 unspecified atom stereocenters. The van der Waals surface area contributed by atoms with Gasteiger partial charge in [-0.3, -0.25) is 0 Å². The number of benzene rings is 1. The molecular weight excluding hydrogens is 240 g/mol. The summed E-state index contributed by atoms with van der Waals surface area (Å²) in [6.07, 6.45) is 0. The summed E-state index contributed by atoms with van der Waals surface area (Å²) in [6, 6.07) is 9.20. The van der Waals surface area contributed by atoms with Crippen molar-refractivity contribution in [2.45, 2.75) is 68.2 Å². The first kappa shape index (κ1) is 17.3. The quantitative estimate of drug-likeness (QED) is 0.579. The Bertz CT molecular complexity index is 398. The van der Waals surface area contributed by atoms with Gasteiger partial charge in [0.2, 0.25) is 0 Å². The van der Waals surface area contributed by atoms with Crippen molar-refractivity contribution in [3.63, 3.8) is 0 Å². The molecule has 0 bridgehead atoms. The maximum absolute atomic E-state index is 2.44. The Morgan fingerprint density at radius 3 is 1.35 bits per heavy atom. The standard InChI is InChI=1S/C20H34/c1-14(2)19(6,7)18(20(8,9)15(3)4)17-12-10-16(5)11-13-17/h10-15,18H,1-9H3. The average Bonchev–Trinajstić information content (AvgIpc) is 2.31. The van der Waals surface area contributed by atoms with Crippen LogP contribution in [0.1, 0.15) is 72.4 Å². The molecule has 0 saturated carbocycles. The Balaban J connectivity index is 3.39. The largest absolute Gasteiger partial charge is 0.0622 e. The van der Waals surface area contributed by atoms with Gasteiger partial charge in [0.1, 0.15) is 0 Å². The Hall–Kier alpha value is -0.780. The van der Waals surface area contributed by atoms with E-state index in [1.807, 2.05) is 0 Å². The molecule has 0 aromatic heterocycles. The molecule has 0 heteroatoms. The monoisotopic (exact) mass is 274 g/mol. The van der Waals surface area contributed by atoms with Crippen LogP contribution in [0.4, 0.5) is 0 Å². The van der Waals surface area contributed by atoms with Crippen molar-refractivity contribution in [3.05, 3.63) is 35.4 Å². The summed E-state index contributed by atoms with van der Waals surface area (Å²) in [7, 11) is 0. The van der Waals surface area contributed by atoms with Gasteiger partial charge in [0.15, 0.2) is 0 Å². The van der Waals surface area contributed by atoms with Gasteiger partial charge in [-0.25, -0.2) is 0 Å². The van der Waals surface area contributed by atoms with Gasteiger partial charge in [0, 0.05) is 0 Å². The smallest absolute Gasteiger partial charge is 0.00544 e. The second-order valence-corrected chi connectivity index (χ2v) is 8.30. The van der Waals surface area contributed by atoms with E-state index in [0.29, 0.717) is 17.8 Å². The molecule has 0 saturated heterocycles. The first-order chi connectivity index (χ1) is 9.01. The fourth-order valence-electron chi connectivity index (χ4n) is 3.24. The Kier molecular flexibility index (Phi) is 5.11. The van der Waals surface area contributed by atoms with E-state index in [1.54, 1.807) is 0 Å². The predicted octanol–water partition coefficient (Wildman–Crippen LogP) is 6.44. The van der Waals surface area contributed by atoms with Gasteiger partial charge < -0.3 is 0 Å². The van der Waals surface area contributed by atoms with E-state index >= 15 is 0 Å². The first-order valence-electron chi connectivity index (χ1n) is 8.07. The van der Waals surface area contributed by atoms with Crippen LogP contribution >= 0.6 is 0 Å². The van der Waals surface area contributed by atoms with Gasteiger partial charge in [-0.2, -0.15) is 0 Å². The third kappa shape index (κ3) is 3.27. The molecule has 0 radical (unpaired) electrons. The zero-order valence-corrected chi connectivity index (χ0v) is 15.0. The molecule has 0 aliphatic rings. The molecule has 1 aromatic rings. The summed E-state index contributed by atoms with van der Waals surface area (Å²) in [5.74, 6) is 1.88. The lowest BCUT2D eigenvalue weighted by Gasteiger charge is -2.49. The lowest BCUT2D eigenvalue weighted by Crippen LogP contribution is -2.40. The molecule has 0 N–H and O–H groups in total. The Morgan fingerprint density at radius 1 is 0.700 bits per heavy atom. The number of aryl methyl sites for hydroxylation is 1. The lowest BCUT2D eigenvalue weighted by atomic mass is 9.55. The molecule has 20 heavy (non-hydrogen) atoms. The average molecular weight is 274 g/mol. The topological polar surface area (TPSA) is 0 Å². The number of rotatable bonds is 5. The van der Waals surface area contributed by atoms with Crippen LogP contribution < -0.4 is 0 Å². The van der Waals surface area contributed by atoms with E-state index in [9.17, 15) is 0 Å². The number of hydrogen-bond donors (Lipinski definition) is 0. The Labute approximate surface area is 127 Å². The third-order valence-corrected chi connectivity index (χ3v) is 5.87. The van der Waals surface area contributed by atoms with Crippen LogP contribution in [0.25, 0.3) is 0 Å². The third-order valence-electron chi connectivity index (χ3n) is 5.87. The van der Waals surface area contributed by atoms with Crippen molar-refractivity contribution in [1.29, 1.82) is 0 Å². The molecular formula is C20H34. The summed E-state index contributed by atoms with van der Waals surface area (Å²) in [4.78, 5) is 0. The second kappa shape index (κ2) is 5.92. The second-order valence-electron chi connectivity index (χ2n) is 8.30. The molecule has 1 rings (SSSR count). The maximum Gasteiger partial charge on any atom is -0.00544 e. The minimum Gasteiger partial charge on any atom is -0.0622 e. The van der Waals surface area contributed by atoms with Crippen molar-refractivity contribution in [3.8, 4) is 0 Å². The zero-order chi connectivity index (χ0) is 15.7. The zero-order valence-electron chi connectivity index (χ0n) is 15.0. The van der Waals surface area contributed by atoms with Gasteiger partial charge in [-0.15, -0.1) is 0 Å². The molecule has 1 aromatic carbocycles. The van der Waals surface area contributed by atoms with Crippen LogP contribution in [-0.2, 0) is 0 Å². The van der Waals surface area contributed by atoms with Crippen LogP contribution in [-0.4, -0.2) is 0 Å². The van der Waals surface area contributed by atoms with Gasteiger partial charge in [-0.05, 0) is 41.1 Å². The summed E-state index contributed by atoms with van der Waals surface area (Å²) >= 11 is 0. The van der Waals surface area contributed by atoms with Crippen molar-refractivity contribution in [1.82, 2.24) is 0 Å². The first-order valence-corrected chi connectivity index (χ1v) is 8.07. The minimum absolute atomic E-state index is 0.281. The van der Waals surface area contributed by atoms with Gasteiger partial charge in [0.05, 0.1) is 0 Å². The highest BCUT2D eigenvalue weighted by Gasteiger charge is 2.44. The van der Waals surface area contributed by atoms with E-state index in [2.05, 4.69) is 86.6 Å². The normalized spacial score (nSPS) is 13.6. The molecule has 0 fully saturated rings. The van der Waals surface area contributed by atoms with E-state index in [4.69, 9.17) is 0 Å². The van der Waals surface area contributed by atoms with E-state index in [1.165, 1.54) is 11.1 Å². The summed E-state index contributed by atoms with van der Waals surface area (Å²) < 4.78 is 0. The highest BCUT2D eigenvalue weighted by Crippen LogP contribution is 2.54. The maximum atomic E-state index is 2.44. The lowest BCUT2D eigenvalue weighted by molar-refractivity contribution is 0.0606. The highest BCUT2D eigenvalue weighted by atomic mass is 14.5. The molecule has 0 atom stereocenters. The van der Waals surface area contributed by atoms with Crippen LogP contribution in [0.5, 0.6) is 0 Å². The van der Waals surface area contributed by atoms with E-state index < -0.39 is 0 Å². The SMILES string of the molecule is Cc1ccc(C(C(C)(C)C(C)C)C(C)(C)C(C)C)cc1. The Morgan fingerprint density at radius 2 is 1.05 bits per heavy atom. The van der Waals surface area contributed by atoms with Crippen LogP contribution in [0, 0.1) is 29.6 Å². The van der Waals surface area contributed by atoms with Gasteiger partial charge in [0.25, 0.3) is 0 Å². The fourth-order valence-corrected chi connectivity index (χ4v) is 3.24. The minimum atomic E-state index is 0.281. The summed E-state index contributed by atoms with van der Waals surface area (Å²) in [6.45, 7) is 21.3. The van der Waals surface area contributed by atoms with Crippen molar-refractivity contribution >= 4 is 0 Å². The molecule has 0 aliphatic carbocycles. The molecule has 0 nitrogen and oxygen atoms in total. The molecule has 0 amide bonds. The highest BCUT2D eigenvalue weighted by molar-refractivity contribution is 5.28. The molecule has 0 aliphatic heterocycles. The van der Waals surface area contributed by atoms with Crippen molar-refractivity contribution in [2.24, 2.45) is 22.7 Å². The van der Waals surface area contributed by atoms with E-state index in [-0.39, 0.29) is 10.8 Å².